The molecule has 0 fully saturated rings. The van der Waals surface area contributed by atoms with E-state index in [4.69, 9.17) is 17.2 Å². The molecule has 0 aliphatic carbocycles. The Morgan fingerprint density at radius 3 is 2.29 bits per heavy atom. The first-order valence-corrected chi connectivity index (χ1v) is 5.12. The largest absolute Gasteiger partial charge is 0.370 e. The fourth-order valence-corrected chi connectivity index (χ4v) is 1.29. The van der Waals surface area contributed by atoms with Gasteiger partial charge in [-0.05, 0) is 18.4 Å². The Hall–Kier alpha value is -1.75. The first kappa shape index (κ1) is 15.2. The summed E-state index contributed by atoms with van der Waals surface area (Å²) in [6.07, 6.45) is 1.89. The molecule has 0 aliphatic rings. The van der Waals surface area contributed by atoms with Gasteiger partial charge in [0.1, 0.15) is 0 Å². The highest BCUT2D eigenvalue weighted by Gasteiger charge is 1.92. The molecule has 0 bridgehead atoms. The number of guanidine groups is 2. The standard InChI is InChI=1S/C11H17N5.ClH/c12-10(13)16-11(14)15-8-4-7-9-5-2-1-3-6-9;/h1-3,5-6H,4,7-8H2,(H6,12,13,14,15,16);1H. The molecule has 1 aromatic rings. The topological polar surface area (TPSA) is 103 Å². The van der Waals surface area contributed by atoms with Crippen molar-refractivity contribution in [3.8, 4) is 0 Å². The molecule has 0 saturated heterocycles. The van der Waals surface area contributed by atoms with Gasteiger partial charge < -0.3 is 17.2 Å². The summed E-state index contributed by atoms with van der Waals surface area (Å²) in [5, 5.41) is 0. The Morgan fingerprint density at radius 2 is 1.71 bits per heavy atom. The zero-order chi connectivity index (χ0) is 11.8. The van der Waals surface area contributed by atoms with Crippen molar-refractivity contribution in [2.45, 2.75) is 12.8 Å². The summed E-state index contributed by atoms with van der Waals surface area (Å²) in [7, 11) is 0. The maximum atomic E-state index is 5.46. The lowest BCUT2D eigenvalue weighted by atomic mass is 10.1. The molecule has 0 aliphatic heterocycles. The van der Waals surface area contributed by atoms with E-state index in [0.29, 0.717) is 6.54 Å². The van der Waals surface area contributed by atoms with Crippen LogP contribution in [0.15, 0.2) is 40.3 Å². The molecule has 6 heteroatoms. The van der Waals surface area contributed by atoms with E-state index < -0.39 is 0 Å². The maximum absolute atomic E-state index is 5.46. The summed E-state index contributed by atoms with van der Waals surface area (Å²) in [4.78, 5) is 7.65. The third-order valence-corrected chi connectivity index (χ3v) is 1.98. The van der Waals surface area contributed by atoms with Crippen LogP contribution in [0.2, 0.25) is 0 Å². The lowest BCUT2D eigenvalue weighted by Crippen LogP contribution is -2.26. The lowest BCUT2D eigenvalue weighted by Gasteiger charge is -1.98. The highest BCUT2D eigenvalue weighted by atomic mass is 35.5. The van der Waals surface area contributed by atoms with Gasteiger partial charge >= 0.3 is 0 Å². The number of halogens is 1. The van der Waals surface area contributed by atoms with Gasteiger partial charge in [-0.15, -0.1) is 12.4 Å². The number of nitrogens with two attached hydrogens (primary N) is 3. The predicted molar refractivity (Wildman–Crippen MR) is 74.3 cm³/mol. The molecule has 0 atom stereocenters. The average molecular weight is 256 g/mol. The second-order valence-corrected chi connectivity index (χ2v) is 3.37. The minimum atomic E-state index is -0.0655. The van der Waals surface area contributed by atoms with Crippen molar-refractivity contribution in [1.82, 2.24) is 0 Å². The zero-order valence-corrected chi connectivity index (χ0v) is 10.4. The molecule has 1 rings (SSSR count). The zero-order valence-electron chi connectivity index (χ0n) is 9.54. The average Bonchev–Trinajstić information content (AvgIpc) is 2.25. The molecule has 1 aromatic carbocycles. The molecule has 5 nitrogen and oxygen atoms in total. The third kappa shape index (κ3) is 7.19. The van der Waals surface area contributed by atoms with E-state index in [9.17, 15) is 0 Å². The first-order valence-electron chi connectivity index (χ1n) is 5.12. The van der Waals surface area contributed by atoms with E-state index in [2.05, 4.69) is 22.1 Å². The van der Waals surface area contributed by atoms with Gasteiger partial charge in [-0.3, -0.25) is 4.99 Å². The highest BCUT2D eigenvalue weighted by molar-refractivity contribution is 5.92. The molecule has 0 saturated carbocycles. The minimum absolute atomic E-state index is 0. The molecule has 6 N–H and O–H groups in total. The van der Waals surface area contributed by atoms with Crippen LogP contribution in [0.4, 0.5) is 0 Å². The predicted octanol–water partition coefficient (Wildman–Crippen LogP) is 0.629. The Bertz CT molecular complexity index is 371. The molecular formula is C11H18ClN5. The van der Waals surface area contributed by atoms with Gasteiger partial charge in [0.2, 0.25) is 5.96 Å². The van der Waals surface area contributed by atoms with Gasteiger partial charge in [0.25, 0.3) is 0 Å². The van der Waals surface area contributed by atoms with Crippen molar-refractivity contribution in [1.29, 1.82) is 0 Å². The van der Waals surface area contributed by atoms with Gasteiger partial charge in [0, 0.05) is 6.54 Å². The number of rotatable bonds is 4. The lowest BCUT2D eigenvalue weighted by molar-refractivity contribution is 0.831. The first-order chi connectivity index (χ1) is 7.68. The quantitative estimate of drug-likeness (QED) is 0.418. The monoisotopic (exact) mass is 255 g/mol. The van der Waals surface area contributed by atoms with Crippen LogP contribution in [-0.4, -0.2) is 18.5 Å². The summed E-state index contributed by atoms with van der Waals surface area (Å²) in [6.45, 7) is 0.623. The molecule has 0 radical (unpaired) electrons. The Balaban J connectivity index is 0.00000256. The fraction of sp³-hybridized carbons (Fsp3) is 0.273. The number of nitrogens with zero attached hydrogens (tertiary/aromatic N) is 2. The second kappa shape index (κ2) is 8.41. The van der Waals surface area contributed by atoms with E-state index >= 15 is 0 Å². The van der Waals surface area contributed by atoms with E-state index in [1.807, 2.05) is 18.2 Å². The van der Waals surface area contributed by atoms with Crippen molar-refractivity contribution < 1.29 is 0 Å². The van der Waals surface area contributed by atoms with Crippen molar-refractivity contribution in [2.75, 3.05) is 6.54 Å². The molecular weight excluding hydrogens is 238 g/mol. The van der Waals surface area contributed by atoms with Crippen molar-refractivity contribution >= 4 is 24.3 Å². The van der Waals surface area contributed by atoms with Crippen LogP contribution in [0.5, 0.6) is 0 Å². The van der Waals surface area contributed by atoms with Crippen molar-refractivity contribution in [2.24, 2.45) is 27.2 Å². The van der Waals surface area contributed by atoms with Gasteiger partial charge in [0.05, 0.1) is 0 Å². The van der Waals surface area contributed by atoms with Crippen molar-refractivity contribution in [3.63, 3.8) is 0 Å². The van der Waals surface area contributed by atoms with E-state index in [1.54, 1.807) is 0 Å². The van der Waals surface area contributed by atoms with Crippen LogP contribution in [0.25, 0.3) is 0 Å². The third-order valence-electron chi connectivity index (χ3n) is 1.98. The Labute approximate surface area is 107 Å². The van der Waals surface area contributed by atoms with Crippen LogP contribution < -0.4 is 17.2 Å². The van der Waals surface area contributed by atoms with Crippen LogP contribution in [0.3, 0.4) is 0 Å². The maximum Gasteiger partial charge on any atom is 0.218 e. The number of hydrogen-bond donors (Lipinski definition) is 3. The van der Waals surface area contributed by atoms with Crippen LogP contribution in [0, 0.1) is 0 Å². The summed E-state index contributed by atoms with van der Waals surface area (Å²) >= 11 is 0. The van der Waals surface area contributed by atoms with Gasteiger partial charge in [0.15, 0.2) is 5.96 Å². The van der Waals surface area contributed by atoms with E-state index in [0.717, 1.165) is 12.8 Å². The Morgan fingerprint density at radius 1 is 1.06 bits per heavy atom. The number of benzene rings is 1. The summed E-state index contributed by atoms with van der Waals surface area (Å²) < 4.78 is 0. The van der Waals surface area contributed by atoms with E-state index in [1.165, 1.54) is 5.56 Å². The minimum Gasteiger partial charge on any atom is -0.370 e. The summed E-state index contributed by atoms with van der Waals surface area (Å²) in [6, 6.07) is 10.2. The SMILES string of the molecule is Cl.NC(N)=NC(N)=NCCCc1ccccc1. The summed E-state index contributed by atoms with van der Waals surface area (Å²) in [5.41, 5.74) is 17.1. The molecule has 94 valence electrons. The fourth-order valence-electron chi connectivity index (χ4n) is 1.29. The number of hydrogen-bond acceptors (Lipinski definition) is 1. The van der Waals surface area contributed by atoms with Gasteiger partial charge in [-0.1, -0.05) is 30.3 Å². The molecule has 0 amide bonds. The van der Waals surface area contributed by atoms with Gasteiger partial charge in [-0.25, -0.2) is 0 Å². The van der Waals surface area contributed by atoms with Crippen LogP contribution in [0.1, 0.15) is 12.0 Å². The molecule has 0 unspecified atom stereocenters. The molecule has 0 aromatic heterocycles. The van der Waals surface area contributed by atoms with Crippen LogP contribution in [-0.2, 0) is 6.42 Å². The van der Waals surface area contributed by atoms with Crippen LogP contribution >= 0.6 is 12.4 Å². The smallest absolute Gasteiger partial charge is 0.218 e. The molecule has 17 heavy (non-hydrogen) atoms. The Kier molecular flexibility index (Phi) is 7.54. The molecule has 0 spiro atoms. The molecule has 0 heterocycles. The number of aryl methyl sites for hydroxylation is 1. The van der Waals surface area contributed by atoms with Gasteiger partial charge in [-0.2, -0.15) is 4.99 Å². The summed E-state index contributed by atoms with van der Waals surface area (Å²) in [5.74, 6) is 0.0670. The second-order valence-electron chi connectivity index (χ2n) is 3.37. The highest BCUT2D eigenvalue weighted by Crippen LogP contribution is 2.02. The number of aliphatic imine (C=N–C) groups is 2. The normalized spacial score (nSPS) is 10.5. The van der Waals surface area contributed by atoms with Crippen molar-refractivity contribution in [3.05, 3.63) is 35.9 Å². The van der Waals surface area contributed by atoms with E-state index in [-0.39, 0.29) is 24.3 Å².